The Morgan fingerprint density at radius 2 is 2.24 bits per heavy atom. The first kappa shape index (κ1) is 15.8. The summed E-state index contributed by atoms with van der Waals surface area (Å²) in [5.74, 6) is -0.0620. The SMILES string of the molecule is COc1nc(C)cc(C)c1CN1CCCC(C)(C(=O)O)C1. The van der Waals surface area contributed by atoms with Gasteiger partial charge in [0.1, 0.15) is 0 Å². The lowest BCUT2D eigenvalue weighted by molar-refractivity contribution is -0.151. The van der Waals surface area contributed by atoms with Gasteiger partial charge in [0.25, 0.3) is 0 Å². The van der Waals surface area contributed by atoms with Crippen molar-refractivity contribution in [2.75, 3.05) is 20.2 Å². The van der Waals surface area contributed by atoms with Crippen molar-refractivity contribution in [1.82, 2.24) is 9.88 Å². The van der Waals surface area contributed by atoms with E-state index in [0.717, 1.165) is 36.2 Å². The summed E-state index contributed by atoms with van der Waals surface area (Å²) < 4.78 is 5.39. The molecule has 0 aliphatic carbocycles. The molecule has 1 aromatic rings. The maximum atomic E-state index is 11.4. The van der Waals surface area contributed by atoms with Crippen molar-refractivity contribution in [3.8, 4) is 5.88 Å². The van der Waals surface area contributed by atoms with Crippen molar-refractivity contribution in [3.63, 3.8) is 0 Å². The van der Waals surface area contributed by atoms with E-state index >= 15 is 0 Å². The van der Waals surface area contributed by atoms with E-state index in [1.165, 1.54) is 0 Å². The molecule has 1 fully saturated rings. The van der Waals surface area contributed by atoms with E-state index in [-0.39, 0.29) is 0 Å². The van der Waals surface area contributed by atoms with Crippen molar-refractivity contribution in [1.29, 1.82) is 0 Å². The van der Waals surface area contributed by atoms with Gasteiger partial charge in [-0.3, -0.25) is 9.69 Å². The van der Waals surface area contributed by atoms with Crippen LogP contribution in [0.5, 0.6) is 5.88 Å². The van der Waals surface area contributed by atoms with Crippen LogP contribution >= 0.6 is 0 Å². The summed E-state index contributed by atoms with van der Waals surface area (Å²) >= 11 is 0. The number of likely N-dealkylation sites (tertiary alicyclic amines) is 1. The third kappa shape index (κ3) is 3.35. The second kappa shape index (κ2) is 6.02. The summed E-state index contributed by atoms with van der Waals surface area (Å²) in [5, 5.41) is 9.41. The molecule has 0 amide bonds. The third-order valence-electron chi connectivity index (χ3n) is 4.30. The normalized spacial score (nSPS) is 23.0. The summed E-state index contributed by atoms with van der Waals surface area (Å²) in [6.07, 6.45) is 1.64. The van der Waals surface area contributed by atoms with Crippen LogP contribution in [0, 0.1) is 19.3 Å². The van der Waals surface area contributed by atoms with Crippen LogP contribution in [-0.4, -0.2) is 41.2 Å². The molecule has 1 atom stereocenters. The smallest absolute Gasteiger partial charge is 0.310 e. The molecule has 1 aromatic heterocycles. The lowest BCUT2D eigenvalue weighted by Crippen LogP contribution is -2.45. The van der Waals surface area contributed by atoms with Crippen LogP contribution in [0.15, 0.2) is 6.07 Å². The van der Waals surface area contributed by atoms with Gasteiger partial charge in [0.15, 0.2) is 0 Å². The summed E-state index contributed by atoms with van der Waals surface area (Å²) in [5.41, 5.74) is 2.47. The molecule has 116 valence electrons. The molecule has 21 heavy (non-hydrogen) atoms. The first-order valence-electron chi connectivity index (χ1n) is 7.32. The number of aromatic nitrogens is 1. The van der Waals surface area contributed by atoms with Crippen molar-refractivity contribution in [2.24, 2.45) is 5.41 Å². The van der Waals surface area contributed by atoms with Crippen LogP contribution in [0.1, 0.15) is 36.6 Å². The van der Waals surface area contributed by atoms with Crippen LogP contribution in [0.4, 0.5) is 0 Å². The van der Waals surface area contributed by atoms with Gasteiger partial charge in [-0.1, -0.05) is 0 Å². The molecule has 1 aliphatic rings. The minimum atomic E-state index is -0.710. The quantitative estimate of drug-likeness (QED) is 0.923. The fraction of sp³-hybridized carbons (Fsp3) is 0.625. The number of hydrogen-bond donors (Lipinski definition) is 1. The second-order valence-corrected chi connectivity index (χ2v) is 6.25. The van der Waals surface area contributed by atoms with Crippen molar-refractivity contribution < 1.29 is 14.6 Å². The van der Waals surface area contributed by atoms with Crippen LogP contribution in [0.2, 0.25) is 0 Å². The Balaban J connectivity index is 2.20. The molecule has 0 spiro atoms. The molecular weight excluding hydrogens is 268 g/mol. The van der Waals surface area contributed by atoms with E-state index in [1.54, 1.807) is 7.11 Å². The van der Waals surface area contributed by atoms with Gasteiger partial charge < -0.3 is 9.84 Å². The molecule has 0 radical (unpaired) electrons. The largest absolute Gasteiger partial charge is 0.481 e. The summed E-state index contributed by atoms with van der Waals surface area (Å²) in [7, 11) is 1.63. The maximum absolute atomic E-state index is 11.4. The average molecular weight is 292 g/mol. The Bertz CT molecular complexity index is 545. The number of pyridine rings is 1. The number of aliphatic carboxylic acids is 1. The zero-order valence-electron chi connectivity index (χ0n) is 13.3. The van der Waals surface area contributed by atoms with E-state index in [1.807, 2.05) is 26.8 Å². The molecule has 1 unspecified atom stereocenters. The highest BCUT2D eigenvalue weighted by Gasteiger charge is 2.38. The minimum absolute atomic E-state index is 0.568. The Hall–Kier alpha value is -1.62. The highest BCUT2D eigenvalue weighted by atomic mass is 16.5. The van der Waals surface area contributed by atoms with Gasteiger partial charge in [-0.25, -0.2) is 4.98 Å². The number of nitrogens with zero attached hydrogens (tertiary/aromatic N) is 2. The summed E-state index contributed by atoms with van der Waals surface area (Å²) in [6, 6.07) is 2.04. The van der Waals surface area contributed by atoms with E-state index in [4.69, 9.17) is 4.74 Å². The second-order valence-electron chi connectivity index (χ2n) is 6.25. The van der Waals surface area contributed by atoms with E-state index < -0.39 is 11.4 Å². The van der Waals surface area contributed by atoms with Gasteiger partial charge in [-0.05, 0) is 51.8 Å². The van der Waals surface area contributed by atoms with Crippen LogP contribution in [0.3, 0.4) is 0 Å². The number of rotatable bonds is 4. The number of ether oxygens (including phenoxy) is 1. The third-order valence-corrected chi connectivity index (χ3v) is 4.30. The van der Waals surface area contributed by atoms with Crippen molar-refractivity contribution in [3.05, 3.63) is 22.9 Å². The fourth-order valence-electron chi connectivity index (χ4n) is 3.07. The average Bonchev–Trinajstić information content (AvgIpc) is 2.41. The number of methoxy groups -OCH3 is 1. The first-order chi connectivity index (χ1) is 9.85. The lowest BCUT2D eigenvalue weighted by atomic mass is 9.82. The van der Waals surface area contributed by atoms with Gasteiger partial charge in [0, 0.05) is 24.3 Å². The minimum Gasteiger partial charge on any atom is -0.481 e. The number of carbonyl (C=O) groups is 1. The van der Waals surface area contributed by atoms with Gasteiger partial charge in [-0.15, -0.1) is 0 Å². The molecule has 0 bridgehead atoms. The number of carboxylic acids is 1. The molecular formula is C16H24N2O3. The van der Waals surface area contributed by atoms with E-state index in [0.29, 0.717) is 19.0 Å². The molecule has 2 heterocycles. The van der Waals surface area contributed by atoms with Gasteiger partial charge in [-0.2, -0.15) is 0 Å². The zero-order chi connectivity index (χ0) is 15.6. The number of carboxylic acid groups (broad SMARTS) is 1. The number of hydrogen-bond acceptors (Lipinski definition) is 4. The highest BCUT2D eigenvalue weighted by Crippen LogP contribution is 2.32. The molecule has 0 saturated carbocycles. The molecule has 5 heteroatoms. The Morgan fingerprint density at radius 3 is 2.86 bits per heavy atom. The predicted octanol–water partition coefficient (Wildman–Crippen LogP) is 2.39. The predicted molar refractivity (Wildman–Crippen MR) is 80.5 cm³/mol. The first-order valence-corrected chi connectivity index (χ1v) is 7.32. The summed E-state index contributed by atoms with van der Waals surface area (Å²) in [6.45, 7) is 8.00. The Morgan fingerprint density at radius 1 is 1.52 bits per heavy atom. The Labute approximate surface area is 125 Å². The molecule has 1 N–H and O–H groups in total. The maximum Gasteiger partial charge on any atom is 0.310 e. The van der Waals surface area contributed by atoms with E-state index in [2.05, 4.69) is 9.88 Å². The van der Waals surface area contributed by atoms with Crippen LogP contribution in [-0.2, 0) is 11.3 Å². The van der Waals surface area contributed by atoms with Crippen molar-refractivity contribution >= 4 is 5.97 Å². The standard InChI is InChI=1S/C16H24N2O3/c1-11-8-12(2)17-14(21-4)13(11)9-18-7-5-6-16(3,10-18)15(19)20/h8H,5-7,9-10H2,1-4H3,(H,19,20). The monoisotopic (exact) mass is 292 g/mol. The summed E-state index contributed by atoms with van der Waals surface area (Å²) in [4.78, 5) is 18.1. The van der Waals surface area contributed by atoms with Gasteiger partial charge in [0.05, 0.1) is 12.5 Å². The lowest BCUT2D eigenvalue weighted by Gasteiger charge is -2.37. The van der Waals surface area contributed by atoms with Crippen LogP contribution in [0.25, 0.3) is 0 Å². The molecule has 1 aliphatic heterocycles. The zero-order valence-corrected chi connectivity index (χ0v) is 13.3. The highest BCUT2D eigenvalue weighted by molar-refractivity contribution is 5.74. The number of piperidine rings is 1. The topological polar surface area (TPSA) is 62.7 Å². The van der Waals surface area contributed by atoms with Gasteiger partial charge >= 0.3 is 5.97 Å². The molecule has 5 nitrogen and oxygen atoms in total. The van der Waals surface area contributed by atoms with Gasteiger partial charge in [0.2, 0.25) is 5.88 Å². The molecule has 0 aromatic carbocycles. The van der Waals surface area contributed by atoms with E-state index in [9.17, 15) is 9.90 Å². The molecule has 2 rings (SSSR count). The van der Waals surface area contributed by atoms with Crippen molar-refractivity contribution in [2.45, 2.75) is 40.2 Å². The van der Waals surface area contributed by atoms with Crippen LogP contribution < -0.4 is 4.74 Å². The number of aryl methyl sites for hydroxylation is 2. The molecule has 1 saturated heterocycles. The Kier molecular flexibility index (Phi) is 4.52. The fourth-order valence-corrected chi connectivity index (χ4v) is 3.07.